The van der Waals surface area contributed by atoms with Crippen molar-refractivity contribution >= 4 is 22.4 Å². The van der Waals surface area contributed by atoms with Gasteiger partial charge in [-0.2, -0.15) is 0 Å². The van der Waals surface area contributed by atoms with Crippen molar-refractivity contribution < 1.29 is 9.90 Å². The fourth-order valence-electron chi connectivity index (χ4n) is 0.616. The molecule has 0 fully saturated rings. The van der Waals surface area contributed by atoms with E-state index in [1.54, 1.807) is 11.6 Å². The summed E-state index contributed by atoms with van der Waals surface area (Å²) in [6, 6.07) is 0. The monoisotopic (exact) mass is 184 g/mol. The van der Waals surface area contributed by atoms with Crippen molar-refractivity contribution in [2.45, 2.75) is 6.92 Å². The highest BCUT2D eigenvalue weighted by molar-refractivity contribution is 7.13. The number of nitrogens with zero attached hydrogens (tertiary/aromatic N) is 1. The molecule has 0 bridgehead atoms. The van der Waals surface area contributed by atoms with Gasteiger partial charge in [0.05, 0.1) is 5.76 Å². The second-order valence-corrected chi connectivity index (χ2v) is 3.01. The molecule has 0 unspecified atom stereocenters. The van der Waals surface area contributed by atoms with E-state index < -0.39 is 0 Å². The zero-order chi connectivity index (χ0) is 8.97. The van der Waals surface area contributed by atoms with Crippen LogP contribution in [0.1, 0.15) is 6.92 Å². The lowest BCUT2D eigenvalue weighted by molar-refractivity contribution is -0.112. The Morgan fingerprint density at radius 3 is 3.08 bits per heavy atom. The zero-order valence-corrected chi connectivity index (χ0v) is 7.26. The van der Waals surface area contributed by atoms with Crippen LogP contribution in [-0.2, 0) is 4.79 Å². The van der Waals surface area contributed by atoms with E-state index in [1.165, 1.54) is 18.3 Å². The van der Waals surface area contributed by atoms with E-state index in [0.29, 0.717) is 5.13 Å². The smallest absolute Gasteiger partial charge is 0.253 e. The minimum Gasteiger partial charge on any atom is -0.512 e. The van der Waals surface area contributed by atoms with Crippen molar-refractivity contribution in [1.29, 1.82) is 0 Å². The molecule has 0 atom stereocenters. The second-order valence-electron chi connectivity index (χ2n) is 2.11. The molecule has 0 aliphatic rings. The number of carbonyl (C=O) groups excluding carboxylic acids is 1. The van der Waals surface area contributed by atoms with Gasteiger partial charge in [-0.25, -0.2) is 4.98 Å². The maximum atomic E-state index is 10.9. The molecule has 4 nitrogen and oxygen atoms in total. The molecule has 12 heavy (non-hydrogen) atoms. The number of thiazole rings is 1. The zero-order valence-electron chi connectivity index (χ0n) is 6.44. The van der Waals surface area contributed by atoms with Gasteiger partial charge in [-0.1, -0.05) is 0 Å². The summed E-state index contributed by atoms with van der Waals surface area (Å²) in [5.41, 5.74) is 0. The van der Waals surface area contributed by atoms with Crippen LogP contribution < -0.4 is 5.32 Å². The van der Waals surface area contributed by atoms with E-state index in [1.807, 2.05) is 0 Å². The van der Waals surface area contributed by atoms with Crippen molar-refractivity contribution in [3.63, 3.8) is 0 Å². The quantitative estimate of drug-likeness (QED) is 0.541. The van der Waals surface area contributed by atoms with Gasteiger partial charge in [0.15, 0.2) is 5.13 Å². The highest BCUT2D eigenvalue weighted by atomic mass is 32.1. The number of nitrogens with one attached hydrogen (secondary N) is 1. The fourth-order valence-corrected chi connectivity index (χ4v) is 1.15. The van der Waals surface area contributed by atoms with Gasteiger partial charge in [0.25, 0.3) is 5.91 Å². The minimum absolute atomic E-state index is 0.0240. The topological polar surface area (TPSA) is 62.2 Å². The van der Waals surface area contributed by atoms with E-state index in [-0.39, 0.29) is 11.7 Å². The van der Waals surface area contributed by atoms with E-state index in [9.17, 15) is 4.79 Å². The summed E-state index contributed by atoms with van der Waals surface area (Å²) in [6.07, 6.45) is 2.69. The molecule has 1 aromatic rings. The SMILES string of the molecule is C/C(O)=C/C(=O)Nc1nccs1. The average Bonchev–Trinajstić information content (AvgIpc) is 2.37. The maximum absolute atomic E-state index is 10.9. The van der Waals surface area contributed by atoms with Gasteiger partial charge in [-0.15, -0.1) is 11.3 Å². The molecule has 64 valence electrons. The van der Waals surface area contributed by atoms with E-state index in [0.717, 1.165) is 6.08 Å². The van der Waals surface area contributed by atoms with Crippen LogP contribution in [0.4, 0.5) is 5.13 Å². The summed E-state index contributed by atoms with van der Waals surface area (Å²) in [5, 5.41) is 13.5. The summed E-state index contributed by atoms with van der Waals surface area (Å²) < 4.78 is 0. The first kappa shape index (κ1) is 8.73. The number of aliphatic hydroxyl groups is 1. The Labute approximate surface area is 73.6 Å². The molecular weight excluding hydrogens is 176 g/mol. The molecule has 1 amide bonds. The van der Waals surface area contributed by atoms with Gasteiger partial charge < -0.3 is 5.11 Å². The summed E-state index contributed by atoms with van der Waals surface area (Å²) in [4.78, 5) is 14.8. The number of hydrogen-bond donors (Lipinski definition) is 2. The van der Waals surface area contributed by atoms with Gasteiger partial charge >= 0.3 is 0 Å². The molecule has 1 heterocycles. The van der Waals surface area contributed by atoms with Crippen LogP contribution in [-0.4, -0.2) is 16.0 Å². The molecule has 0 spiro atoms. The summed E-state index contributed by atoms with van der Waals surface area (Å²) in [6.45, 7) is 1.43. The van der Waals surface area contributed by atoms with Crippen LogP contribution >= 0.6 is 11.3 Å². The first-order valence-corrected chi connectivity index (χ1v) is 4.14. The van der Waals surface area contributed by atoms with Gasteiger partial charge in [-0.3, -0.25) is 10.1 Å². The lowest BCUT2D eigenvalue weighted by Crippen LogP contribution is -2.08. The van der Waals surface area contributed by atoms with E-state index in [4.69, 9.17) is 5.11 Å². The third-order valence-corrected chi connectivity index (χ3v) is 1.69. The minimum atomic E-state index is -0.370. The number of amides is 1. The van der Waals surface area contributed by atoms with Crippen LogP contribution in [0.5, 0.6) is 0 Å². The van der Waals surface area contributed by atoms with Crippen molar-refractivity contribution in [2.75, 3.05) is 5.32 Å². The Morgan fingerprint density at radius 2 is 2.58 bits per heavy atom. The standard InChI is InChI=1S/C7H8N2O2S/c1-5(10)4-6(11)9-7-8-2-3-12-7/h2-4,10H,1H3,(H,8,9,11)/b5-4-. The van der Waals surface area contributed by atoms with Crippen molar-refractivity contribution in [3.8, 4) is 0 Å². The third kappa shape index (κ3) is 2.71. The molecule has 0 saturated heterocycles. The summed E-state index contributed by atoms with van der Waals surface area (Å²) >= 11 is 1.32. The Balaban J connectivity index is 2.54. The Morgan fingerprint density at radius 1 is 1.83 bits per heavy atom. The van der Waals surface area contributed by atoms with Crippen LogP contribution in [0, 0.1) is 0 Å². The van der Waals surface area contributed by atoms with Gasteiger partial charge in [-0.05, 0) is 6.92 Å². The molecule has 0 saturated carbocycles. The fraction of sp³-hybridized carbons (Fsp3) is 0.143. The maximum Gasteiger partial charge on any atom is 0.253 e. The van der Waals surface area contributed by atoms with Crippen molar-refractivity contribution in [3.05, 3.63) is 23.4 Å². The number of carbonyl (C=O) groups is 1. The molecule has 5 heteroatoms. The molecule has 1 aromatic heterocycles. The molecular formula is C7H8N2O2S. The predicted octanol–water partition coefficient (Wildman–Crippen LogP) is 1.54. The molecule has 2 N–H and O–H groups in total. The summed E-state index contributed by atoms with van der Waals surface area (Å²) in [5.74, 6) is -0.394. The first-order valence-electron chi connectivity index (χ1n) is 3.26. The Kier molecular flexibility index (Phi) is 2.82. The highest BCUT2D eigenvalue weighted by Crippen LogP contribution is 2.09. The summed E-state index contributed by atoms with van der Waals surface area (Å²) in [7, 11) is 0. The molecule has 1 rings (SSSR count). The van der Waals surface area contributed by atoms with E-state index >= 15 is 0 Å². The van der Waals surface area contributed by atoms with E-state index in [2.05, 4.69) is 10.3 Å². The van der Waals surface area contributed by atoms with Crippen LogP contribution in [0.15, 0.2) is 23.4 Å². The number of aliphatic hydroxyl groups excluding tert-OH is 1. The number of anilines is 1. The van der Waals surface area contributed by atoms with Gasteiger partial charge in [0.2, 0.25) is 0 Å². The van der Waals surface area contributed by atoms with Gasteiger partial charge in [0, 0.05) is 17.7 Å². The number of rotatable bonds is 2. The van der Waals surface area contributed by atoms with Crippen molar-refractivity contribution in [1.82, 2.24) is 4.98 Å². The predicted molar refractivity (Wildman–Crippen MR) is 47.1 cm³/mol. The Bertz CT molecular complexity index is 288. The number of allylic oxidation sites excluding steroid dienone is 1. The molecule has 0 aliphatic carbocycles. The average molecular weight is 184 g/mol. The molecule has 0 aliphatic heterocycles. The van der Waals surface area contributed by atoms with Crippen LogP contribution in [0.2, 0.25) is 0 Å². The lowest BCUT2D eigenvalue weighted by atomic mass is 10.4. The van der Waals surface area contributed by atoms with Crippen molar-refractivity contribution in [2.24, 2.45) is 0 Å². The highest BCUT2D eigenvalue weighted by Gasteiger charge is 1.99. The molecule has 0 aromatic carbocycles. The second kappa shape index (κ2) is 3.87. The third-order valence-electron chi connectivity index (χ3n) is 1.00. The van der Waals surface area contributed by atoms with Crippen LogP contribution in [0.25, 0.3) is 0 Å². The van der Waals surface area contributed by atoms with Crippen LogP contribution in [0.3, 0.4) is 0 Å². The Hall–Kier alpha value is -1.36. The normalized spacial score (nSPS) is 11.2. The number of aromatic nitrogens is 1. The number of hydrogen-bond acceptors (Lipinski definition) is 4. The largest absolute Gasteiger partial charge is 0.512 e. The first-order chi connectivity index (χ1) is 5.68. The molecule has 0 radical (unpaired) electrons. The van der Waals surface area contributed by atoms with Gasteiger partial charge in [0.1, 0.15) is 0 Å². The lowest BCUT2D eigenvalue weighted by Gasteiger charge is -1.94.